The molecule has 0 radical (unpaired) electrons. The lowest BCUT2D eigenvalue weighted by Gasteiger charge is -2.20. The standard InChI is InChI=1S/C15H16F2O/c1-2-3-10-4-6-11(7-5-10)12-8-9-13(18)15(17)14(12)16/h2-3,6,8-10,18H,4-5,7H2,1H3/b3-2+. The molecule has 96 valence electrons. The van der Waals surface area contributed by atoms with Gasteiger partial charge in [-0.1, -0.05) is 18.2 Å². The minimum Gasteiger partial charge on any atom is -0.505 e. The summed E-state index contributed by atoms with van der Waals surface area (Å²) < 4.78 is 27.0. The number of allylic oxidation sites excluding steroid dienone is 4. The molecule has 1 nitrogen and oxygen atoms in total. The number of phenolic OH excluding ortho intramolecular Hbond substituents is 1. The minimum absolute atomic E-state index is 0.268. The molecule has 1 aliphatic rings. The maximum absolute atomic E-state index is 13.7. The molecule has 3 heteroatoms. The van der Waals surface area contributed by atoms with Crippen molar-refractivity contribution in [3.63, 3.8) is 0 Å². The minimum atomic E-state index is -1.16. The van der Waals surface area contributed by atoms with Gasteiger partial charge in [0.25, 0.3) is 0 Å². The molecule has 0 saturated carbocycles. The Bertz CT molecular complexity index is 503. The predicted molar refractivity (Wildman–Crippen MR) is 68.2 cm³/mol. The first-order valence-electron chi connectivity index (χ1n) is 6.12. The van der Waals surface area contributed by atoms with E-state index in [0.717, 1.165) is 24.8 Å². The molecule has 1 aromatic rings. The lowest BCUT2D eigenvalue weighted by molar-refractivity contribution is 0.406. The molecule has 1 N–H and O–H groups in total. The summed E-state index contributed by atoms with van der Waals surface area (Å²) in [6.45, 7) is 1.98. The zero-order valence-electron chi connectivity index (χ0n) is 10.3. The molecule has 18 heavy (non-hydrogen) atoms. The summed E-state index contributed by atoms with van der Waals surface area (Å²) in [4.78, 5) is 0. The van der Waals surface area contributed by atoms with Crippen LogP contribution in [0.25, 0.3) is 5.57 Å². The van der Waals surface area contributed by atoms with Gasteiger partial charge in [-0.05, 0) is 49.8 Å². The van der Waals surface area contributed by atoms with E-state index in [2.05, 4.69) is 6.08 Å². The van der Waals surface area contributed by atoms with Gasteiger partial charge in [0.05, 0.1) is 0 Å². The fourth-order valence-corrected chi connectivity index (χ4v) is 2.33. The van der Waals surface area contributed by atoms with E-state index < -0.39 is 17.4 Å². The fourth-order valence-electron chi connectivity index (χ4n) is 2.33. The van der Waals surface area contributed by atoms with E-state index >= 15 is 0 Å². The number of aromatic hydroxyl groups is 1. The first kappa shape index (κ1) is 12.8. The van der Waals surface area contributed by atoms with Crippen molar-refractivity contribution in [2.75, 3.05) is 0 Å². The SMILES string of the molecule is C/C=C/C1CC=C(c2ccc(O)c(F)c2F)CC1. The smallest absolute Gasteiger partial charge is 0.200 e. The van der Waals surface area contributed by atoms with Crippen LogP contribution in [0.2, 0.25) is 0 Å². The lowest BCUT2D eigenvalue weighted by atomic mass is 9.86. The van der Waals surface area contributed by atoms with Crippen molar-refractivity contribution in [2.45, 2.75) is 26.2 Å². The van der Waals surface area contributed by atoms with Crippen molar-refractivity contribution in [2.24, 2.45) is 5.92 Å². The average Bonchev–Trinajstić information content (AvgIpc) is 2.38. The third-order valence-corrected chi connectivity index (χ3v) is 3.32. The third-order valence-electron chi connectivity index (χ3n) is 3.32. The molecule has 0 aliphatic heterocycles. The Morgan fingerprint density at radius 2 is 2.06 bits per heavy atom. The maximum atomic E-state index is 13.7. The Kier molecular flexibility index (Phi) is 3.80. The Labute approximate surface area is 105 Å². The van der Waals surface area contributed by atoms with Gasteiger partial charge in [-0.2, -0.15) is 4.39 Å². The summed E-state index contributed by atoms with van der Waals surface area (Å²) in [6, 6.07) is 2.64. The van der Waals surface area contributed by atoms with Crippen molar-refractivity contribution < 1.29 is 13.9 Å². The molecular weight excluding hydrogens is 234 g/mol. The first-order valence-corrected chi connectivity index (χ1v) is 6.12. The van der Waals surface area contributed by atoms with Crippen molar-refractivity contribution in [1.82, 2.24) is 0 Å². The molecular formula is C15H16F2O. The van der Waals surface area contributed by atoms with Crippen LogP contribution >= 0.6 is 0 Å². The van der Waals surface area contributed by atoms with E-state index in [0.29, 0.717) is 5.92 Å². The Balaban J connectivity index is 2.26. The Hall–Kier alpha value is -1.64. The average molecular weight is 250 g/mol. The largest absolute Gasteiger partial charge is 0.505 e. The van der Waals surface area contributed by atoms with Crippen LogP contribution in [0, 0.1) is 17.6 Å². The highest BCUT2D eigenvalue weighted by Crippen LogP contribution is 2.34. The molecule has 0 bridgehead atoms. The second-order valence-corrected chi connectivity index (χ2v) is 4.55. The highest BCUT2D eigenvalue weighted by molar-refractivity contribution is 5.67. The predicted octanol–water partition coefficient (Wildman–Crippen LogP) is 4.43. The number of hydrogen-bond donors (Lipinski definition) is 1. The Morgan fingerprint density at radius 3 is 2.67 bits per heavy atom. The summed E-state index contributed by atoms with van der Waals surface area (Å²) in [5, 5.41) is 9.09. The van der Waals surface area contributed by atoms with Gasteiger partial charge in [0.1, 0.15) is 0 Å². The van der Waals surface area contributed by atoms with Crippen molar-refractivity contribution in [3.05, 3.63) is 47.6 Å². The van der Waals surface area contributed by atoms with Gasteiger partial charge >= 0.3 is 0 Å². The van der Waals surface area contributed by atoms with Crippen LogP contribution in [0.4, 0.5) is 8.78 Å². The number of halogens is 2. The molecule has 0 heterocycles. The molecule has 0 amide bonds. The van der Waals surface area contributed by atoms with Crippen LogP contribution in [-0.2, 0) is 0 Å². The van der Waals surface area contributed by atoms with E-state index in [1.165, 1.54) is 12.1 Å². The third kappa shape index (κ3) is 2.45. The molecule has 0 aromatic heterocycles. The summed E-state index contributed by atoms with van der Waals surface area (Å²) >= 11 is 0. The molecule has 1 atom stereocenters. The zero-order chi connectivity index (χ0) is 13.1. The van der Waals surface area contributed by atoms with E-state index in [9.17, 15) is 8.78 Å². The van der Waals surface area contributed by atoms with Crippen LogP contribution in [0.3, 0.4) is 0 Å². The quantitative estimate of drug-likeness (QED) is 0.770. The van der Waals surface area contributed by atoms with Gasteiger partial charge in [-0.25, -0.2) is 4.39 Å². The number of benzene rings is 1. The summed E-state index contributed by atoms with van der Waals surface area (Å²) in [6.07, 6.45) is 8.64. The van der Waals surface area contributed by atoms with Crippen LogP contribution in [0.5, 0.6) is 5.75 Å². The highest BCUT2D eigenvalue weighted by atomic mass is 19.2. The molecule has 1 unspecified atom stereocenters. The zero-order valence-corrected chi connectivity index (χ0v) is 10.3. The van der Waals surface area contributed by atoms with Crippen LogP contribution in [-0.4, -0.2) is 5.11 Å². The monoisotopic (exact) mass is 250 g/mol. The van der Waals surface area contributed by atoms with Gasteiger partial charge in [0.2, 0.25) is 5.82 Å². The molecule has 0 fully saturated rings. The van der Waals surface area contributed by atoms with E-state index in [1.54, 1.807) is 0 Å². The van der Waals surface area contributed by atoms with E-state index in [1.807, 2.05) is 19.1 Å². The molecule has 0 spiro atoms. The number of rotatable bonds is 2. The number of phenols is 1. The number of hydrogen-bond acceptors (Lipinski definition) is 1. The van der Waals surface area contributed by atoms with Gasteiger partial charge < -0.3 is 5.11 Å². The van der Waals surface area contributed by atoms with Gasteiger partial charge in [-0.15, -0.1) is 0 Å². The van der Waals surface area contributed by atoms with Crippen molar-refractivity contribution in [3.8, 4) is 5.75 Å². The molecule has 1 aliphatic carbocycles. The van der Waals surface area contributed by atoms with Crippen LogP contribution < -0.4 is 0 Å². The van der Waals surface area contributed by atoms with Gasteiger partial charge in [0, 0.05) is 5.56 Å². The second kappa shape index (κ2) is 5.34. The summed E-state index contributed by atoms with van der Waals surface area (Å²) in [5.74, 6) is -2.27. The molecule has 1 aromatic carbocycles. The normalized spacial score (nSPS) is 20.2. The topological polar surface area (TPSA) is 20.2 Å². The lowest BCUT2D eigenvalue weighted by Crippen LogP contribution is -2.04. The second-order valence-electron chi connectivity index (χ2n) is 4.55. The van der Waals surface area contributed by atoms with Crippen molar-refractivity contribution >= 4 is 5.57 Å². The summed E-state index contributed by atoms with van der Waals surface area (Å²) in [5.41, 5.74) is 1.09. The van der Waals surface area contributed by atoms with Crippen molar-refractivity contribution in [1.29, 1.82) is 0 Å². The fraction of sp³-hybridized carbons (Fsp3) is 0.333. The van der Waals surface area contributed by atoms with E-state index in [4.69, 9.17) is 5.11 Å². The van der Waals surface area contributed by atoms with E-state index in [-0.39, 0.29) is 5.56 Å². The van der Waals surface area contributed by atoms with Gasteiger partial charge in [0.15, 0.2) is 11.6 Å². The highest BCUT2D eigenvalue weighted by Gasteiger charge is 2.19. The summed E-state index contributed by atoms with van der Waals surface area (Å²) in [7, 11) is 0. The van der Waals surface area contributed by atoms with Gasteiger partial charge in [-0.3, -0.25) is 0 Å². The maximum Gasteiger partial charge on any atom is 0.200 e. The van der Waals surface area contributed by atoms with Crippen LogP contribution in [0.15, 0.2) is 30.4 Å². The Morgan fingerprint density at radius 1 is 1.28 bits per heavy atom. The first-order chi connectivity index (χ1) is 8.63. The van der Waals surface area contributed by atoms with Crippen LogP contribution in [0.1, 0.15) is 31.7 Å². The molecule has 2 rings (SSSR count). The molecule has 0 saturated heterocycles.